The lowest BCUT2D eigenvalue weighted by atomic mass is 10.1. The number of pyridine rings is 1. The van der Waals surface area contributed by atoms with Crippen molar-refractivity contribution in [1.82, 2.24) is 14.6 Å². The van der Waals surface area contributed by atoms with Gasteiger partial charge in [0.05, 0.1) is 16.0 Å². The zero-order valence-corrected chi connectivity index (χ0v) is 18.1. The third-order valence-corrected chi connectivity index (χ3v) is 7.97. The molecule has 2 aliphatic rings. The number of benzene rings is 2. The van der Waals surface area contributed by atoms with Crippen LogP contribution in [0.15, 0.2) is 59.5 Å². The molecule has 2 heterocycles. The molecule has 2 fully saturated rings. The first-order chi connectivity index (χ1) is 15.0. The van der Waals surface area contributed by atoms with E-state index in [0.29, 0.717) is 36.0 Å². The molecule has 2 aromatic carbocycles. The van der Waals surface area contributed by atoms with Crippen LogP contribution in [-0.4, -0.2) is 36.7 Å². The van der Waals surface area contributed by atoms with E-state index >= 15 is 0 Å². The summed E-state index contributed by atoms with van der Waals surface area (Å²) in [5, 5.41) is 3.82. The highest BCUT2D eigenvalue weighted by atomic mass is 32.2. The van der Waals surface area contributed by atoms with Crippen molar-refractivity contribution >= 4 is 26.8 Å². The Morgan fingerprint density at radius 2 is 1.74 bits per heavy atom. The van der Waals surface area contributed by atoms with Crippen molar-refractivity contribution in [3.63, 3.8) is 0 Å². The van der Waals surface area contributed by atoms with Gasteiger partial charge in [0.25, 0.3) is 5.91 Å². The minimum atomic E-state index is -3.42. The van der Waals surface area contributed by atoms with E-state index in [-0.39, 0.29) is 5.91 Å². The highest BCUT2D eigenvalue weighted by Crippen LogP contribution is 2.40. The summed E-state index contributed by atoms with van der Waals surface area (Å²) in [6.45, 7) is 1.50. The van der Waals surface area contributed by atoms with Gasteiger partial charge in [0.2, 0.25) is 10.0 Å². The minimum Gasteiger partial charge on any atom is -0.348 e. The summed E-state index contributed by atoms with van der Waals surface area (Å²) in [4.78, 5) is 18.0. The number of nitrogens with zero attached hydrogens (tertiary/aromatic N) is 2. The smallest absolute Gasteiger partial charge is 0.252 e. The topological polar surface area (TPSA) is 79.4 Å². The molecule has 1 aliphatic heterocycles. The van der Waals surface area contributed by atoms with Crippen LogP contribution in [0.1, 0.15) is 53.2 Å². The molecule has 160 valence electrons. The Morgan fingerprint density at radius 1 is 1.03 bits per heavy atom. The molecule has 1 aliphatic carbocycles. The number of hydrogen-bond acceptors (Lipinski definition) is 4. The molecule has 1 saturated carbocycles. The fraction of sp³-hybridized carbons (Fsp3) is 0.333. The normalized spacial score (nSPS) is 17.2. The van der Waals surface area contributed by atoms with Gasteiger partial charge in [-0.25, -0.2) is 8.42 Å². The maximum absolute atomic E-state index is 13.0. The third-order valence-electron chi connectivity index (χ3n) is 6.06. The first-order valence-corrected chi connectivity index (χ1v) is 12.2. The largest absolute Gasteiger partial charge is 0.348 e. The Balaban J connectivity index is 1.32. The van der Waals surface area contributed by atoms with Gasteiger partial charge in [-0.1, -0.05) is 30.3 Å². The molecule has 0 radical (unpaired) electrons. The second-order valence-electron chi connectivity index (χ2n) is 8.32. The Kier molecular flexibility index (Phi) is 5.24. The number of para-hydroxylation sites is 1. The van der Waals surface area contributed by atoms with Gasteiger partial charge < -0.3 is 5.32 Å². The lowest BCUT2D eigenvalue weighted by molar-refractivity contribution is 0.0952. The maximum atomic E-state index is 13.0. The SMILES string of the molecule is O=C(NCc1ccc(S(=O)(=O)N2CCCC2)cc1)c1cc(C2CC2)nc2ccccc12. The van der Waals surface area contributed by atoms with Crippen LogP contribution in [0, 0.1) is 0 Å². The van der Waals surface area contributed by atoms with E-state index in [1.807, 2.05) is 30.3 Å². The van der Waals surface area contributed by atoms with Gasteiger partial charge in [0.1, 0.15) is 0 Å². The van der Waals surface area contributed by atoms with Crippen molar-refractivity contribution in [2.24, 2.45) is 0 Å². The fourth-order valence-corrected chi connectivity index (χ4v) is 5.62. The van der Waals surface area contributed by atoms with Gasteiger partial charge in [-0.15, -0.1) is 0 Å². The first-order valence-electron chi connectivity index (χ1n) is 10.8. The Labute approximate surface area is 182 Å². The number of carbonyl (C=O) groups is 1. The third kappa shape index (κ3) is 4.07. The zero-order valence-electron chi connectivity index (χ0n) is 17.3. The standard InChI is InChI=1S/C24H25N3O3S/c28-24(21-15-23(18-9-10-18)26-22-6-2-1-5-20(21)22)25-16-17-7-11-19(12-8-17)31(29,30)27-13-3-4-14-27/h1-2,5-8,11-12,15,18H,3-4,9-10,13-14,16H2,(H,25,28). The second-order valence-corrected chi connectivity index (χ2v) is 10.3. The van der Waals surface area contributed by atoms with E-state index < -0.39 is 10.0 Å². The van der Waals surface area contributed by atoms with Crippen LogP contribution >= 0.6 is 0 Å². The van der Waals surface area contributed by atoms with Crippen LogP contribution in [-0.2, 0) is 16.6 Å². The quantitative estimate of drug-likeness (QED) is 0.638. The Hall–Kier alpha value is -2.77. The summed E-state index contributed by atoms with van der Waals surface area (Å²) < 4.78 is 26.9. The predicted molar refractivity (Wildman–Crippen MR) is 119 cm³/mol. The van der Waals surface area contributed by atoms with E-state index in [2.05, 4.69) is 5.32 Å². The molecule has 31 heavy (non-hydrogen) atoms. The van der Waals surface area contributed by atoms with Crippen LogP contribution in [0.4, 0.5) is 0 Å². The molecule has 1 amide bonds. The van der Waals surface area contributed by atoms with E-state index in [9.17, 15) is 13.2 Å². The predicted octanol–water partition coefficient (Wildman–Crippen LogP) is 3.83. The van der Waals surface area contributed by atoms with Gasteiger partial charge in [0.15, 0.2) is 0 Å². The molecule has 1 N–H and O–H groups in total. The lowest BCUT2D eigenvalue weighted by Gasteiger charge is -2.15. The maximum Gasteiger partial charge on any atom is 0.252 e. The van der Waals surface area contributed by atoms with E-state index in [0.717, 1.165) is 47.8 Å². The second kappa shape index (κ2) is 8.05. The van der Waals surface area contributed by atoms with Gasteiger partial charge in [-0.05, 0) is 55.5 Å². The molecule has 3 aromatic rings. The van der Waals surface area contributed by atoms with Crippen LogP contribution < -0.4 is 5.32 Å². The lowest BCUT2D eigenvalue weighted by Crippen LogP contribution is -2.28. The summed E-state index contributed by atoms with van der Waals surface area (Å²) in [7, 11) is -3.42. The molecule has 1 saturated heterocycles. The van der Waals surface area contributed by atoms with Crippen LogP contribution in [0.2, 0.25) is 0 Å². The minimum absolute atomic E-state index is 0.144. The van der Waals surface area contributed by atoms with Crippen LogP contribution in [0.5, 0.6) is 0 Å². The molecule has 1 aromatic heterocycles. The van der Waals surface area contributed by atoms with Crippen molar-refractivity contribution in [3.8, 4) is 0 Å². The molecule has 7 heteroatoms. The molecule has 5 rings (SSSR count). The molecule has 6 nitrogen and oxygen atoms in total. The fourth-order valence-electron chi connectivity index (χ4n) is 4.11. The van der Waals surface area contributed by atoms with Crippen LogP contribution in [0.25, 0.3) is 10.9 Å². The Bertz CT molecular complexity index is 1230. The average Bonchev–Trinajstić information content (AvgIpc) is 3.49. The summed E-state index contributed by atoms with van der Waals surface area (Å²) >= 11 is 0. The highest BCUT2D eigenvalue weighted by Gasteiger charge is 2.28. The number of carbonyl (C=O) groups excluding carboxylic acids is 1. The highest BCUT2D eigenvalue weighted by molar-refractivity contribution is 7.89. The summed E-state index contributed by atoms with van der Waals surface area (Å²) in [6.07, 6.45) is 4.07. The molecule has 0 spiro atoms. The van der Waals surface area contributed by atoms with E-state index in [4.69, 9.17) is 4.98 Å². The number of aromatic nitrogens is 1. The molecular weight excluding hydrogens is 410 g/mol. The number of fused-ring (bicyclic) bond motifs is 1. The van der Waals surface area contributed by atoms with E-state index in [1.165, 1.54) is 4.31 Å². The number of hydrogen-bond donors (Lipinski definition) is 1. The van der Waals surface area contributed by atoms with Crippen molar-refractivity contribution in [2.45, 2.75) is 43.0 Å². The van der Waals surface area contributed by atoms with Crippen molar-refractivity contribution in [1.29, 1.82) is 0 Å². The van der Waals surface area contributed by atoms with Crippen molar-refractivity contribution in [2.75, 3.05) is 13.1 Å². The number of rotatable bonds is 6. The summed E-state index contributed by atoms with van der Waals surface area (Å²) in [6, 6.07) is 16.4. The summed E-state index contributed by atoms with van der Waals surface area (Å²) in [5.74, 6) is 0.315. The molecule has 0 atom stereocenters. The number of amides is 1. The van der Waals surface area contributed by atoms with Gasteiger partial charge in [0, 0.05) is 36.6 Å². The van der Waals surface area contributed by atoms with Crippen molar-refractivity contribution < 1.29 is 13.2 Å². The van der Waals surface area contributed by atoms with E-state index in [1.54, 1.807) is 24.3 Å². The summed E-state index contributed by atoms with van der Waals surface area (Å²) in [5.41, 5.74) is 3.32. The number of sulfonamides is 1. The molecule has 0 bridgehead atoms. The van der Waals surface area contributed by atoms with Gasteiger partial charge in [-0.3, -0.25) is 9.78 Å². The van der Waals surface area contributed by atoms with Crippen molar-refractivity contribution in [3.05, 3.63) is 71.4 Å². The van der Waals surface area contributed by atoms with Gasteiger partial charge in [-0.2, -0.15) is 4.31 Å². The number of nitrogens with one attached hydrogen (secondary N) is 1. The molecule has 0 unspecified atom stereocenters. The molecular formula is C24H25N3O3S. The van der Waals surface area contributed by atoms with Crippen LogP contribution in [0.3, 0.4) is 0 Å². The van der Waals surface area contributed by atoms with Gasteiger partial charge >= 0.3 is 0 Å². The average molecular weight is 436 g/mol. The Morgan fingerprint density at radius 3 is 2.45 bits per heavy atom. The zero-order chi connectivity index (χ0) is 21.4. The first kappa shape index (κ1) is 20.2. The monoisotopic (exact) mass is 435 g/mol.